The van der Waals surface area contributed by atoms with Gasteiger partial charge in [-0.3, -0.25) is 4.79 Å². The number of carboxylic acid groups (broad SMARTS) is 1. The molecule has 1 aromatic carbocycles. The summed E-state index contributed by atoms with van der Waals surface area (Å²) in [5.41, 5.74) is 0.0313. The molecule has 0 saturated heterocycles. The van der Waals surface area contributed by atoms with Gasteiger partial charge in [0, 0.05) is 6.42 Å². The van der Waals surface area contributed by atoms with Crippen molar-refractivity contribution in [3.63, 3.8) is 0 Å². The third kappa shape index (κ3) is 3.15. The van der Waals surface area contributed by atoms with Crippen LogP contribution in [0, 0.1) is 0 Å². The molecule has 0 aliphatic carbocycles. The number of nitrogens with zero attached hydrogens (tertiary/aromatic N) is 1. The Kier molecular flexibility index (Phi) is 4.37. The van der Waals surface area contributed by atoms with E-state index in [1.807, 2.05) is 0 Å². The number of amides is 1. The first-order valence-corrected chi connectivity index (χ1v) is 6.43. The number of benzene rings is 1. The maximum atomic E-state index is 11.9. The molecule has 2 N–H and O–H groups in total. The van der Waals surface area contributed by atoms with Crippen molar-refractivity contribution >= 4 is 58.1 Å². The van der Waals surface area contributed by atoms with Crippen molar-refractivity contribution in [1.29, 1.82) is 0 Å². The lowest BCUT2D eigenvalue weighted by Gasteiger charge is -2.11. The van der Waals surface area contributed by atoms with Gasteiger partial charge in [-0.05, 0) is 12.1 Å². The number of rotatable bonds is 3. The Bertz CT molecular complexity index is 618. The standard InChI is InChI=1S/C11H7Cl3N2O4/c12-4-1-6(14)7(2-5(4)13)15-10(17)9-3-8(11(18)19)16-20-9/h1-2,9H,3H2,(H,15,17)(H,18,19). The molecule has 1 unspecified atom stereocenters. The fourth-order valence-electron chi connectivity index (χ4n) is 1.48. The van der Waals surface area contributed by atoms with E-state index in [1.54, 1.807) is 0 Å². The number of oxime groups is 1. The zero-order valence-electron chi connectivity index (χ0n) is 9.69. The number of hydrogen-bond donors (Lipinski definition) is 2. The van der Waals surface area contributed by atoms with Crippen LogP contribution >= 0.6 is 34.8 Å². The van der Waals surface area contributed by atoms with Crippen LogP contribution in [0.4, 0.5) is 5.69 Å². The van der Waals surface area contributed by atoms with Gasteiger partial charge >= 0.3 is 5.97 Å². The lowest BCUT2D eigenvalue weighted by molar-refractivity contribution is -0.129. The summed E-state index contributed by atoms with van der Waals surface area (Å²) < 4.78 is 0. The minimum absolute atomic E-state index is 0.125. The molecule has 1 aliphatic rings. The van der Waals surface area contributed by atoms with Crippen molar-refractivity contribution in [3.8, 4) is 0 Å². The van der Waals surface area contributed by atoms with E-state index in [0.29, 0.717) is 0 Å². The van der Waals surface area contributed by atoms with E-state index in [0.717, 1.165) is 0 Å². The molecule has 0 spiro atoms. The molecule has 0 saturated carbocycles. The molecule has 106 valence electrons. The lowest BCUT2D eigenvalue weighted by atomic mass is 10.1. The number of nitrogens with one attached hydrogen (secondary N) is 1. The summed E-state index contributed by atoms with van der Waals surface area (Å²) in [6.45, 7) is 0. The number of carboxylic acids is 1. The van der Waals surface area contributed by atoms with Gasteiger partial charge in [0.05, 0.1) is 20.8 Å². The molecule has 1 amide bonds. The second-order valence-corrected chi connectivity index (χ2v) is 5.10. The van der Waals surface area contributed by atoms with Gasteiger partial charge in [-0.2, -0.15) is 0 Å². The smallest absolute Gasteiger partial charge is 0.353 e. The second kappa shape index (κ2) is 5.87. The highest BCUT2D eigenvalue weighted by Crippen LogP contribution is 2.32. The average molecular weight is 338 g/mol. The predicted molar refractivity (Wildman–Crippen MR) is 74.7 cm³/mol. The van der Waals surface area contributed by atoms with Crippen molar-refractivity contribution in [2.24, 2.45) is 5.16 Å². The Morgan fingerprint density at radius 1 is 1.25 bits per heavy atom. The van der Waals surface area contributed by atoms with Crippen LogP contribution in [0.15, 0.2) is 17.3 Å². The highest BCUT2D eigenvalue weighted by molar-refractivity contribution is 6.44. The summed E-state index contributed by atoms with van der Waals surface area (Å²) in [4.78, 5) is 27.3. The maximum Gasteiger partial charge on any atom is 0.353 e. The lowest BCUT2D eigenvalue weighted by Crippen LogP contribution is -2.29. The van der Waals surface area contributed by atoms with Crippen LogP contribution in [0.25, 0.3) is 0 Å². The monoisotopic (exact) mass is 336 g/mol. The van der Waals surface area contributed by atoms with E-state index in [4.69, 9.17) is 44.7 Å². The first-order chi connectivity index (χ1) is 9.38. The van der Waals surface area contributed by atoms with Crippen LogP contribution in [0.2, 0.25) is 15.1 Å². The highest BCUT2D eigenvalue weighted by atomic mass is 35.5. The molecule has 0 radical (unpaired) electrons. The molecular formula is C11H7Cl3N2O4. The van der Waals surface area contributed by atoms with Gasteiger partial charge in [-0.1, -0.05) is 40.0 Å². The topological polar surface area (TPSA) is 88.0 Å². The quantitative estimate of drug-likeness (QED) is 0.830. The molecule has 1 aromatic rings. The third-order valence-corrected chi connectivity index (χ3v) is 3.51. The van der Waals surface area contributed by atoms with E-state index in [2.05, 4.69) is 10.5 Å². The Morgan fingerprint density at radius 2 is 1.90 bits per heavy atom. The summed E-state index contributed by atoms with van der Waals surface area (Å²) in [6, 6.07) is 2.77. The molecule has 1 atom stereocenters. The summed E-state index contributed by atoms with van der Waals surface area (Å²) in [6.07, 6.45) is -1.15. The van der Waals surface area contributed by atoms with E-state index >= 15 is 0 Å². The third-order valence-electron chi connectivity index (χ3n) is 2.48. The molecule has 9 heteroatoms. The fourth-order valence-corrected chi connectivity index (χ4v) is 2.07. The predicted octanol–water partition coefficient (Wildman–Crippen LogP) is 2.81. The molecule has 0 fully saturated rings. The SMILES string of the molecule is O=C(O)C1=NOC(C(=O)Nc2cc(Cl)c(Cl)cc2Cl)C1. The summed E-state index contributed by atoms with van der Waals surface area (Å²) in [5, 5.41) is 15.2. The Hall–Kier alpha value is -1.50. The number of carbonyl (C=O) groups excluding carboxylic acids is 1. The zero-order valence-corrected chi connectivity index (χ0v) is 12.0. The van der Waals surface area contributed by atoms with E-state index < -0.39 is 18.0 Å². The molecule has 0 aromatic heterocycles. The molecule has 6 nitrogen and oxygen atoms in total. The van der Waals surface area contributed by atoms with Gasteiger partial charge in [-0.25, -0.2) is 4.79 Å². The van der Waals surface area contributed by atoms with Crippen LogP contribution in [0.5, 0.6) is 0 Å². The highest BCUT2D eigenvalue weighted by Gasteiger charge is 2.31. The number of halogens is 3. The van der Waals surface area contributed by atoms with Gasteiger partial charge in [-0.15, -0.1) is 0 Å². The number of anilines is 1. The van der Waals surface area contributed by atoms with Gasteiger partial charge in [0.25, 0.3) is 5.91 Å². The molecule has 1 heterocycles. The van der Waals surface area contributed by atoms with Crippen molar-refractivity contribution in [2.45, 2.75) is 12.5 Å². The largest absolute Gasteiger partial charge is 0.477 e. The van der Waals surface area contributed by atoms with Crippen molar-refractivity contribution in [3.05, 3.63) is 27.2 Å². The summed E-state index contributed by atoms with van der Waals surface area (Å²) in [5.74, 6) is -1.81. The molecule has 2 rings (SSSR count). The van der Waals surface area contributed by atoms with Gasteiger partial charge in [0.1, 0.15) is 0 Å². The van der Waals surface area contributed by atoms with E-state index in [1.165, 1.54) is 12.1 Å². The number of carbonyl (C=O) groups is 2. The van der Waals surface area contributed by atoms with Crippen LogP contribution < -0.4 is 5.32 Å². The van der Waals surface area contributed by atoms with Crippen molar-refractivity contribution < 1.29 is 19.5 Å². The molecular weight excluding hydrogens is 330 g/mol. The Labute approximate surface area is 128 Å². The summed E-state index contributed by atoms with van der Waals surface area (Å²) >= 11 is 17.5. The zero-order chi connectivity index (χ0) is 14.9. The van der Waals surface area contributed by atoms with Crippen molar-refractivity contribution in [2.75, 3.05) is 5.32 Å². The maximum absolute atomic E-state index is 11.9. The minimum atomic E-state index is -1.23. The summed E-state index contributed by atoms with van der Waals surface area (Å²) in [7, 11) is 0. The van der Waals surface area contributed by atoms with Crippen LogP contribution in [0.1, 0.15) is 6.42 Å². The molecule has 0 bridgehead atoms. The number of aliphatic carboxylic acids is 1. The minimum Gasteiger partial charge on any atom is -0.477 e. The van der Waals surface area contributed by atoms with Gasteiger partial charge in [0.15, 0.2) is 5.71 Å². The normalized spacial score (nSPS) is 17.4. The first kappa shape index (κ1) is 14.9. The van der Waals surface area contributed by atoms with Crippen LogP contribution in [-0.4, -0.2) is 28.8 Å². The van der Waals surface area contributed by atoms with Crippen molar-refractivity contribution in [1.82, 2.24) is 0 Å². The van der Waals surface area contributed by atoms with Gasteiger partial charge in [0.2, 0.25) is 6.10 Å². The fraction of sp³-hybridized carbons (Fsp3) is 0.182. The Morgan fingerprint density at radius 3 is 2.50 bits per heavy atom. The Balaban J connectivity index is 2.07. The van der Waals surface area contributed by atoms with Gasteiger partial charge < -0.3 is 15.3 Å². The van der Waals surface area contributed by atoms with E-state index in [-0.39, 0.29) is 32.9 Å². The number of hydrogen-bond acceptors (Lipinski definition) is 4. The first-order valence-electron chi connectivity index (χ1n) is 5.30. The molecule has 20 heavy (non-hydrogen) atoms. The van der Waals surface area contributed by atoms with Crippen LogP contribution in [-0.2, 0) is 14.4 Å². The van der Waals surface area contributed by atoms with Crippen LogP contribution in [0.3, 0.4) is 0 Å². The molecule has 1 aliphatic heterocycles. The van der Waals surface area contributed by atoms with E-state index in [9.17, 15) is 9.59 Å². The second-order valence-electron chi connectivity index (χ2n) is 3.88. The average Bonchev–Trinajstić information content (AvgIpc) is 2.85.